The number of likely N-dealkylation sites (N-methyl/N-ethyl adjacent to an activating group) is 2. The van der Waals surface area contributed by atoms with Gasteiger partial charge in [0.15, 0.2) is 0 Å². The fraction of sp³-hybridized carbons (Fsp3) is 0.909. The number of carboxylic acids is 1. The van der Waals surface area contributed by atoms with E-state index in [0.717, 1.165) is 19.5 Å². The van der Waals surface area contributed by atoms with Crippen molar-refractivity contribution in [2.75, 3.05) is 40.8 Å². The predicted octanol–water partition coefficient (Wildman–Crippen LogP) is -0.315. The Labute approximate surface area is 97.4 Å². The molecule has 0 aromatic rings. The van der Waals surface area contributed by atoms with Crippen LogP contribution < -0.4 is 5.32 Å². The summed E-state index contributed by atoms with van der Waals surface area (Å²) < 4.78 is 0. The van der Waals surface area contributed by atoms with Gasteiger partial charge in [-0.1, -0.05) is 0 Å². The van der Waals surface area contributed by atoms with Gasteiger partial charge in [-0.25, -0.2) is 0 Å². The summed E-state index contributed by atoms with van der Waals surface area (Å²) in [4.78, 5) is 15.6. The summed E-state index contributed by atoms with van der Waals surface area (Å²) in [6.07, 6.45) is 1.12. The molecule has 1 rings (SSSR count). The highest BCUT2D eigenvalue weighted by Crippen LogP contribution is 2.16. The third kappa shape index (κ3) is 2.93. The molecule has 0 radical (unpaired) electrons. The minimum Gasteiger partial charge on any atom is -0.480 e. The molecule has 0 saturated carbocycles. The number of nitrogens with zero attached hydrogens (tertiary/aromatic N) is 2. The molecule has 2 unspecified atom stereocenters. The third-order valence-electron chi connectivity index (χ3n) is 3.54. The minimum atomic E-state index is -0.846. The van der Waals surface area contributed by atoms with Gasteiger partial charge < -0.3 is 15.3 Å². The van der Waals surface area contributed by atoms with Crippen molar-refractivity contribution in [1.82, 2.24) is 15.1 Å². The molecule has 2 atom stereocenters. The molecule has 0 aliphatic carbocycles. The van der Waals surface area contributed by atoms with Crippen LogP contribution in [-0.4, -0.2) is 73.2 Å². The van der Waals surface area contributed by atoms with Crippen molar-refractivity contribution in [3.63, 3.8) is 0 Å². The molecule has 0 aromatic heterocycles. The van der Waals surface area contributed by atoms with E-state index in [4.69, 9.17) is 5.11 Å². The first-order valence-electron chi connectivity index (χ1n) is 5.70. The molecule has 1 heterocycles. The second-order valence-electron chi connectivity index (χ2n) is 5.03. The largest absolute Gasteiger partial charge is 0.480 e. The van der Waals surface area contributed by atoms with E-state index in [1.165, 1.54) is 0 Å². The van der Waals surface area contributed by atoms with Gasteiger partial charge in [0, 0.05) is 19.1 Å². The molecule has 94 valence electrons. The summed E-state index contributed by atoms with van der Waals surface area (Å²) in [5.74, 6) is -0.789. The lowest BCUT2D eigenvalue weighted by atomic mass is 10.0. The van der Waals surface area contributed by atoms with E-state index in [1.54, 1.807) is 14.0 Å². The van der Waals surface area contributed by atoms with Gasteiger partial charge in [-0.05, 0) is 41.0 Å². The molecule has 16 heavy (non-hydrogen) atoms. The number of hydrogen-bond donors (Lipinski definition) is 2. The van der Waals surface area contributed by atoms with Crippen molar-refractivity contribution in [2.45, 2.75) is 24.9 Å². The summed E-state index contributed by atoms with van der Waals surface area (Å²) in [6, 6.07) is 0.551. The second-order valence-corrected chi connectivity index (χ2v) is 5.03. The van der Waals surface area contributed by atoms with Gasteiger partial charge in [0.05, 0.1) is 0 Å². The maximum Gasteiger partial charge on any atom is 0.324 e. The van der Waals surface area contributed by atoms with Crippen LogP contribution >= 0.6 is 0 Å². The van der Waals surface area contributed by atoms with Crippen molar-refractivity contribution in [2.24, 2.45) is 0 Å². The van der Waals surface area contributed by atoms with Crippen LogP contribution in [0.4, 0.5) is 0 Å². The number of rotatable bonds is 5. The van der Waals surface area contributed by atoms with Crippen molar-refractivity contribution >= 4 is 5.97 Å². The number of likely N-dealkylation sites (tertiary alicyclic amines) is 1. The van der Waals surface area contributed by atoms with E-state index >= 15 is 0 Å². The van der Waals surface area contributed by atoms with Crippen LogP contribution in [0.25, 0.3) is 0 Å². The molecule has 0 bridgehead atoms. The summed E-state index contributed by atoms with van der Waals surface area (Å²) in [7, 11) is 5.85. The van der Waals surface area contributed by atoms with Gasteiger partial charge in [-0.2, -0.15) is 0 Å². The molecule has 1 fully saturated rings. The monoisotopic (exact) mass is 229 g/mol. The van der Waals surface area contributed by atoms with Crippen LogP contribution in [0.1, 0.15) is 13.3 Å². The van der Waals surface area contributed by atoms with E-state index in [0.29, 0.717) is 12.6 Å². The van der Waals surface area contributed by atoms with E-state index in [9.17, 15) is 4.79 Å². The SMILES string of the molecule is CNC(C)(CN1CCC(N(C)C)C1)C(=O)O. The zero-order valence-corrected chi connectivity index (χ0v) is 10.7. The lowest BCUT2D eigenvalue weighted by Crippen LogP contribution is -2.55. The summed E-state index contributed by atoms with van der Waals surface area (Å²) in [5, 5.41) is 12.1. The quantitative estimate of drug-likeness (QED) is 0.677. The van der Waals surface area contributed by atoms with Crippen molar-refractivity contribution in [3.05, 3.63) is 0 Å². The fourth-order valence-electron chi connectivity index (χ4n) is 2.08. The highest BCUT2D eigenvalue weighted by atomic mass is 16.4. The Morgan fingerprint density at radius 2 is 2.25 bits per heavy atom. The molecular formula is C11H23N3O2. The Balaban J connectivity index is 2.53. The lowest BCUT2D eigenvalue weighted by molar-refractivity contribution is -0.144. The van der Waals surface area contributed by atoms with Crippen LogP contribution in [-0.2, 0) is 4.79 Å². The number of carboxylic acid groups (broad SMARTS) is 1. The molecule has 5 heteroatoms. The van der Waals surface area contributed by atoms with Gasteiger partial charge in [-0.15, -0.1) is 0 Å². The van der Waals surface area contributed by atoms with Crippen molar-refractivity contribution in [3.8, 4) is 0 Å². The van der Waals surface area contributed by atoms with E-state index in [-0.39, 0.29) is 0 Å². The van der Waals surface area contributed by atoms with Crippen molar-refractivity contribution in [1.29, 1.82) is 0 Å². The average Bonchev–Trinajstić information content (AvgIpc) is 2.65. The first kappa shape index (κ1) is 13.4. The molecular weight excluding hydrogens is 206 g/mol. The topological polar surface area (TPSA) is 55.8 Å². The normalized spacial score (nSPS) is 25.9. The van der Waals surface area contributed by atoms with E-state index in [1.807, 2.05) is 0 Å². The maximum absolute atomic E-state index is 11.2. The molecule has 1 saturated heterocycles. The Bertz CT molecular complexity index is 258. The molecule has 1 aliphatic rings. The van der Waals surface area contributed by atoms with Gasteiger partial charge in [-0.3, -0.25) is 9.69 Å². The van der Waals surface area contributed by atoms with Gasteiger partial charge in [0.25, 0.3) is 0 Å². The zero-order valence-electron chi connectivity index (χ0n) is 10.7. The van der Waals surface area contributed by atoms with Crippen LogP contribution in [0.3, 0.4) is 0 Å². The predicted molar refractivity (Wildman–Crippen MR) is 63.6 cm³/mol. The molecule has 2 N–H and O–H groups in total. The van der Waals surface area contributed by atoms with E-state index < -0.39 is 11.5 Å². The van der Waals surface area contributed by atoms with Gasteiger partial charge >= 0.3 is 5.97 Å². The molecule has 5 nitrogen and oxygen atoms in total. The van der Waals surface area contributed by atoms with E-state index in [2.05, 4.69) is 29.2 Å². The summed E-state index contributed by atoms with van der Waals surface area (Å²) >= 11 is 0. The van der Waals surface area contributed by atoms with Crippen LogP contribution in [0, 0.1) is 0 Å². The van der Waals surface area contributed by atoms with Crippen molar-refractivity contribution < 1.29 is 9.90 Å². The Hall–Kier alpha value is -0.650. The van der Waals surface area contributed by atoms with Crippen LogP contribution in [0.5, 0.6) is 0 Å². The smallest absolute Gasteiger partial charge is 0.324 e. The number of aliphatic carboxylic acids is 1. The van der Waals surface area contributed by atoms with Crippen LogP contribution in [0.15, 0.2) is 0 Å². The summed E-state index contributed by atoms with van der Waals surface area (Å²) in [5.41, 5.74) is -0.846. The number of nitrogens with one attached hydrogen (secondary N) is 1. The molecule has 1 aliphatic heterocycles. The van der Waals surface area contributed by atoms with Crippen LogP contribution in [0.2, 0.25) is 0 Å². The lowest BCUT2D eigenvalue weighted by Gasteiger charge is -2.30. The fourth-order valence-corrected chi connectivity index (χ4v) is 2.08. The summed E-state index contributed by atoms with van der Waals surface area (Å²) in [6.45, 7) is 4.23. The zero-order chi connectivity index (χ0) is 12.3. The van der Waals surface area contributed by atoms with Gasteiger partial charge in [0.2, 0.25) is 0 Å². The standard InChI is InChI=1S/C11H23N3O2/c1-11(12-2,10(15)16)8-14-6-5-9(7-14)13(3)4/h9,12H,5-8H2,1-4H3,(H,15,16). The Kier molecular flexibility index (Phi) is 4.29. The van der Waals surface area contributed by atoms with Gasteiger partial charge in [0.1, 0.15) is 5.54 Å². The third-order valence-corrected chi connectivity index (χ3v) is 3.54. The number of carbonyl (C=O) groups is 1. The Morgan fingerprint density at radius 1 is 1.62 bits per heavy atom. The Morgan fingerprint density at radius 3 is 2.62 bits per heavy atom. The first-order chi connectivity index (χ1) is 7.39. The molecule has 0 aromatic carbocycles. The first-order valence-corrected chi connectivity index (χ1v) is 5.70. The maximum atomic E-state index is 11.2. The average molecular weight is 229 g/mol. The number of hydrogen-bond acceptors (Lipinski definition) is 4. The molecule has 0 amide bonds. The highest BCUT2D eigenvalue weighted by Gasteiger charge is 2.36. The minimum absolute atomic E-state index is 0.551. The highest BCUT2D eigenvalue weighted by molar-refractivity contribution is 5.78. The second kappa shape index (κ2) is 5.12. The molecule has 0 spiro atoms.